The number of fused-ring (bicyclic) bond motifs is 1. The number of halogens is 2. The highest BCUT2D eigenvalue weighted by molar-refractivity contribution is 7.99. The van der Waals surface area contributed by atoms with Gasteiger partial charge in [0.05, 0.1) is 22.9 Å². The number of carbonyl (C=O) groups is 1. The lowest BCUT2D eigenvalue weighted by molar-refractivity contribution is -0.116. The zero-order chi connectivity index (χ0) is 17.8. The molecule has 0 atom stereocenters. The molecule has 0 aliphatic carbocycles. The molecule has 0 bridgehead atoms. The van der Waals surface area contributed by atoms with Crippen LogP contribution in [0.3, 0.4) is 0 Å². The normalized spacial score (nSPS) is 11.0. The van der Waals surface area contributed by atoms with Crippen molar-refractivity contribution in [3.8, 4) is 0 Å². The summed E-state index contributed by atoms with van der Waals surface area (Å²) < 4.78 is 26.5. The Balaban J connectivity index is 1.85. The molecular formula is C17H13F2N3O2S. The lowest BCUT2D eigenvalue weighted by Gasteiger charge is -2.12. The van der Waals surface area contributed by atoms with E-state index >= 15 is 0 Å². The molecule has 3 aromatic rings. The molecule has 0 aliphatic rings. The lowest BCUT2D eigenvalue weighted by atomic mass is 10.3. The van der Waals surface area contributed by atoms with Gasteiger partial charge >= 0.3 is 0 Å². The molecule has 0 fully saturated rings. The number of rotatable bonds is 5. The van der Waals surface area contributed by atoms with Crippen molar-refractivity contribution in [2.24, 2.45) is 0 Å². The summed E-state index contributed by atoms with van der Waals surface area (Å²) in [6, 6.07) is 13.2. The highest BCUT2D eigenvalue weighted by atomic mass is 32.2. The Kier molecular flexibility index (Phi) is 5.08. The largest absolute Gasteiger partial charge is 0.324 e. The quantitative estimate of drug-likeness (QED) is 0.708. The van der Waals surface area contributed by atoms with Crippen molar-refractivity contribution in [1.29, 1.82) is 0 Å². The van der Waals surface area contributed by atoms with E-state index in [1.54, 1.807) is 36.4 Å². The number of amides is 1. The van der Waals surface area contributed by atoms with Gasteiger partial charge in [-0.25, -0.2) is 4.98 Å². The Morgan fingerprint density at radius 1 is 1.16 bits per heavy atom. The molecule has 0 saturated heterocycles. The van der Waals surface area contributed by atoms with Crippen LogP contribution in [0.4, 0.5) is 14.5 Å². The number of thioether (sulfide) groups is 1. The van der Waals surface area contributed by atoms with Crippen LogP contribution in [0.2, 0.25) is 0 Å². The highest BCUT2D eigenvalue weighted by Crippen LogP contribution is 2.31. The molecule has 2 aromatic carbocycles. The number of benzene rings is 2. The van der Waals surface area contributed by atoms with E-state index in [4.69, 9.17) is 0 Å². The average Bonchev–Trinajstić information content (AvgIpc) is 2.59. The van der Waals surface area contributed by atoms with E-state index in [2.05, 4.69) is 10.3 Å². The third-order valence-electron chi connectivity index (χ3n) is 3.43. The average molecular weight is 361 g/mol. The molecule has 0 saturated carbocycles. The van der Waals surface area contributed by atoms with Crippen molar-refractivity contribution in [2.45, 2.75) is 17.2 Å². The van der Waals surface area contributed by atoms with Crippen molar-refractivity contribution in [3.05, 3.63) is 65.1 Å². The Labute approximate surface area is 145 Å². The van der Waals surface area contributed by atoms with Crippen molar-refractivity contribution in [3.63, 3.8) is 0 Å². The van der Waals surface area contributed by atoms with Crippen molar-refractivity contribution in [1.82, 2.24) is 9.55 Å². The fourth-order valence-electron chi connectivity index (χ4n) is 2.38. The maximum Gasteiger partial charge on any atom is 0.288 e. The summed E-state index contributed by atoms with van der Waals surface area (Å²) in [5.74, 6) is -3.08. The van der Waals surface area contributed by atoms with E-state index in [0.717, 1.165) is 6.20 Å². The zero-order valence-corrected chi connectivity index (χ0v) is 13.7. The summed E-state index contributed by atoms with van der Waals surface area (Å²) >= 11 is 0.352. The van der Waals surface area contributed by atoms with Crippen LogP contribution in [0.15, 0.2) is 64.4 Å². The molecule has 1 aromatic heterocycles. The first-order valence-corrected chi connectivity index (χ1v) is 8.21. The Bertz CT molecular complexity index is 975. The second-order valence-corrected chi connectivity index (χ2v) is 6.13. The van der Waals surface area contributed by atoms with Gasteiger partial charge in [0.25, 0.3) is 11.3 Å². The van der Waals surface area contributed by atoms with Crippen molar-refractivity contribution in [2.75, 3.05) is 5.32 Å². The molecule has 0 unspecified atom stereocenters. The van der Waals surface area contributed by atoms with Crippen LogP contribution >= 0.6 is 11.8 Å². The number of carbonyl (C=O) groups excluding carboxylic acids is 1. The van der Waals surface area contributed by atoms with Crippen LogP contribution < -0.4 is 10.9 Å². The van der Waals surface area contributed by atoms with E-state index in [-0.39, 0.29) is 17.1 Å². The SMILES string of the molecule is O=C(Cn1c(=O)cnc2ccccc21)Nc1ccccc1SC(F)F. The summed E-state index contributed by atoms with van der Waals surface area (Å²) in [5, 5.41) is 2.58. The van der Waals surface area contributed by atoms with Gasteiger partial charge in [-0.2, -0.15) is 8.78 Å². The molecule has 5 nitrogen and oxygen atoms in total. The number of nitrogens with zero attached hydrogens (tertiary/aromatic N) is 2. The monoisotopic (exact) mass is 361 g/mol. The standard InChI is InChI=1S/C17H13F2N3O2S/c18-17(19)25-14-8-4-2-6-12(14)21-15(23)10-22-13-7-3-1-5-11(13)20-9-16(22)24/h1-9,17H,10H2,(H,21,23). The summed E-state index contributed by atoms with van der Waals surface area (Å²) in [6.45, 7) is -0.241. The third-order valence-corrected chi connectivity index (χ3v) is 4.22. The summed E-state index contributed by atoms with van der Waals surface area (Å²) in [4.78, 5) is 28.7. The van der Waals surface area contributed by atoms with Crippen molar-refractivity contribution < 1.29 is 13.6 Å². The molecule has 0 aliphatic heterocycles. The minimum Gasteiger partial charge on any atom is -0.324 e. The number of hydrogen-bond donors (Lipinski definition) is 1. The molecule has 25 heavy (non-hydrogen) atoms. The number of anilines is 1. The first-order valence-electron chi connectivity index (χ1n) is 7.33. The van der Waals surface area contributed by atoms with Crippen LogP contribution in [0, 0.1) is 0 Å². The first-order chi connectivity index (χ1) is 12.0. The molecule has 1 N–H and O–H groups in total. The fraction of sp³-hybridized carbons (Fsp3) is 0.118. The van der Waals surface area contributed by atoms with Crippen LogP contribution in [-0.4, -0.2) is 21.2 Å². The summed E-state index contributed by atoms with van der Waals surface area (Å²) in [5.41, 5.74) is 0.984. The smallest absolute Gasteiger partial charge is 0.288 e. The fourth-order valence-corrected chi connectivity index (χ4v) is 2.97. The topological polar surface area (TPSA) is 64.0 Å². The van der Waals surface area contributed by atoms with Gasteiger partial charge in [0.2, 0.25) is 5.91 Å². The highest BCUT2D eigenvalue weighted by Gasteiger charge is 2.13. The minimum atomic E-state index is -2.59. The minimum absolute atomic E-state index is 0.241. The summed E-state index contributed by atoms with van der Waals surface area (Å²) in [6.07, 6.45) is 1.15. The van der Waals surface area contributed by atoms with E-state index in [1.165, 1.54) is 16.7 Å². The molecular weight excluding hydrogens is 348 g/mol. The van der Waals surface area contributed by atoms with Gasteiger partial charge in [-0.3, -0.25) is 14.2 Å². The molecule has 1 amide bonds. The number of hydrogen-bond acceptors (Lipinski definition) is 4. The molecule has 1 heterocycles. The predicted octanol–water partition coefficient (Wildman–Crippen LogP) is 3.35. The van der Waals surface area contributed by atoms with Gasteiger partial charge in [0.15, 0.2) is 0 Å². The molecule has 3 rings (SSSR count). The van der Waals surface area contributed by atoms with E-state index < -0.39 is 17.2 Å². The van der Waals surface area contributed by atoms with Crippen LogP contribution in [0.1, 0.15) is 0 Å². The predicted molar refractivity (Wildman–Crippen MR) is 92.9 cm³/mol. The second kappa shape index (κ2) is 7.43. The number of nitrogens with one attached hydrogen (secondary N) is 1. The van der Waals surface area contributed by atoms with Gasteiger partial charge in [-0.05, 0) is 24.3 Å². The molecule has 0 radical (unpaired) electrons. The number of aromatic nitrogens is 2. The molecule has 128 valence electrons. The van der Waals surface area contributed by atoms with Gasteiger partial charge in [-0.15, -0.1) is 0 Å². The van der Waals surface area contributed by atoms with E-state index in [0.29, 0.717) is 22.8 Å². The number of alkyl halides is 2. The van der Waals surface area contributed by atoms with Crippen LogP contribution in [0.5, 0.6) is 0 Å². The van der Waals surface area contributed by atoms with Crippen LogP contribution in [0.25, 0.3) is 11.0 Å². The van der Waals surface area contributed by atoms with Crippen LogP contribution in [-0.2, 0) is 11.3 Å². The van der Waals surface area contributed by atoms with Gasteiger partial charge in [0.1, 0.15) is 6.54 Å². The Morgan fingerprint density at radius 3 is 2.68 bits per heavy atom. The van der Waals surface area contributed by atoms with Gasteiger partial charge < -0.3 is 5.32 Å². The molecule has 8 heteroatoms. The maximum atomic E-state index is 12.6. The van der Waals surface area contributed by atoms with E-state index in [1.807, 2.05) is 0 Å². The Hall–Kier alpha value is -2.74. The number of para-hydroxylation sites is 3. The third kappa shape index (κ3) is 4.03. The van der Waals surface area contributed by atoms with Crippen molar-refractivity contribution >= 4 is 34.4 Å². The van der Waals surface area contributed by atoms with Gasteiger partial charge in [-0.1, -0.05) is 36.0 Å². The summed E-state index contributed by atoms with van der Waals surface area (Å²) in [7, 11) is 0. The molecule has 0 spiro atoms. The maximum absolute atomic E-state index is 12.6. The zero-order valence-electron chi connectivity index (χ0n) is 12.9. The lowest BCUT2D eigenvalue weighted by Crippen LogP contribution is -2.28. The van der Waals surface area contributed by atoms with E-state index in [9.17, 15) is 18.4 Å². The second-order valence-electron chi connectivity index (χ2n) is 5.09. The first kappa shape index (κ1) is 17.1. The Morgan fingerprint density at radius 2 is 1.88 bits per heavy atom. The van der Waals surface area contributed by atoms with Gasteiger partial charge in [0, 0.05) is 4.90 Å².